The van der Waals surface area contributed by atoms with Gasteiger partial charge < -0.3 is 4.74 Å². The highest BCUT2D eigenvalue weighted by atomic mass is 19.4. The number of nitrogens with zero attached hydrogens (tertiary/aromatic N) is 3. The van der Waals surface area contributed by atoms with Crippen LogP contribution in [0.3, 0.4) is 0 Å². The van der Waals surface area contributed by atoms with Crippen LogP contribution in [0.5, 0.6) is 0 Å². The molecule has 2 aromatic rings. The number of carbonyl (C=O) groups is 1. The van der Waals surface area contributed by atoms with Gasteiger partial charge in [-0.3, -0.25) is 14.2 Å². The molecule has 29 heavy (non-hydrogen) atoms. The predicted octanol–water partition coefficient (Wildman–Crippen LogP) is 4.23. The van der Waals surface area contributed by atoms with Gasteiger partial charge in [0.1, 0.15) is 0 Å². The van der Waals surface area contributed by atoms with E-state index in [1.807, 2.05) is 39.4 Å². The van der Waals surface area contributed by atoms with E-state index in [2.05, 4.69) is 4.99 Å². The fourth-order valence-corrected chi connectivity index (χ4v) is 3.26. The lowest BCUT2D eigenvalue weighted by molar-refractivity contribution is -0.138. The van der Waals surface area contributed by atoms with Crippen LogP contribution in [-0.4, -0.2) is 28.5 Å². The lowest BCUT2D eigenvalue weighted by atomic mass is 9.92. The molecule has 5 nitrogen and oxygen atoms in total. The Bertz CT molecular complexity index is 948. The van der Waals surface area contributed by atoms with E-state index in [1.165, 1.54) is 19.1 Å². The maximum atomic E-state index is 13.2. The molecule has 8 heteroatoms. The summed E-state index contributed by atoms with van der Waals surface area (Å²) in [7, 11) is 1.87. The van der Waals surface area contributed by atoms with Crippen molar-refractivity contribution in [2.45, 2.75) is 52.8 Å². The van der Waals surface area contributed by atoms with E-state index in [4.69, 9.17) is 4.74 Å². The topological polar surface area (TPSA) is 48.5 Å². The Morgan fingerprint density at radius 1 is 1.21 bits per heavy atom. The monoisotopic (exact) mass is 411 g/mol. The van der Waals surface area contributed by atoms with Crippen LogP contribution in [0.25, 0.3) is 0 Å². The molecule has 0 N–H and O–H groups in total. The van der Waals surface area contributed by atoms with Gasteiger partial charge in [-0.1, -0.05) is 26.8 Å². The number of hydrogen-bond acceptors (Lipinski definition) is 2. The minimum absolute atomic E-state index is 0.0580. The number of aromatic nitrogens is 2. The van der Waals surface area contributed by atoms with Crippen molar-refractivity contribution < 1.29 is 22.7 Å². The molecule has 1 aromatic carbocycles. The number of carbonyl (C=O) groups excluding carboxylic acids is 1. The Labute approximate surface area is 168 Å². The molecular weight excluding hydrogens is 383 g/mol. The van der Waals surface area contributed by atoms with E-state index in [9.17, 15) is 18.0 Å². The highest BCUT2D eigenvalue weighted by Gasteiger charge is 2.33. The van der Waals surface area contributed by atoms with Gasteiger partial charge in [-0.05, 0) is 31.5 Å². The van der Waals surface area contributed by atoms with Crippen LogP contribution < -0.4 is 5.49 Å². The van der Waals surface area contributed by atoms with Crippen LogP contribution in [0.1, 0.15) is 54.9 Å². The smallest absolute Gasteiger partial charge is 0.380 e. The fraction of sp³-hybridized carbons (Fsp3) is 0.524. The molecule has 0 atom stereocenters. The van der Waals surface area contributed by atoms with Crippen molar-refractivity contribution in [2.75, 3.05) is 13.2 Å². The van der Waals surface area contributed by atoms with Gasteiger partial charge >= 0.3 is 6.18 Å². The average Bonchev–Trinajstić information content (AvgIpc) is 2.90. The molecule has 0 aliphatic rings. The zero-order valence-corrected chi connectivity index (χ0v) is 17.7. The minimum Gasteiger partial charge on any atom is -0.380 e. The van der Waals surface area contributed by atoms with Crippen LogP contribution in [0.2, 0.25) is 0 Å². The lowest BCUT2D eigenvalue weighted by Crippen LogP contribution is -2.27. The second-order valence-corrected chi connectivity index (χ2v) is 7.87. The summed E-state index contributed by atoms with van der Waals surface area (Å²) in [6.07, 6.45) is -4.52. The van der Waals surface area contributed by atoms with Gasteiger partial charge in [-0.25, -0.2) is 0 Å². The van der Waals surface area contributed by atoms with E-state index in [-0.39, 0.29) is 16.5 Å². The summed E-state index contributed by atoms with van der Waals surface area (Å²) in [4.78, 5) is 16.9. The van der Waals surface area contributed by atoms with E-state index < -0.39 is 17.6 Å². The molecule has 2 rings (SSSR count). The maximum absolute atomic E-state index is 13.2. The SMILES string of the molecule is CCOCCn1/c(=N/C(=O)c2cccc(C(F)(F)F)c2C)cc(C(C)(C)C)n1C. The number of amides is 1. The third kappa shape index (κ3) is 5.18. The molecule has 0 bridgehead atoms. The summed E-state index contributed by atoms with van der Waals surface area (Å²) in [5, 5.41) is 0. The summed E-state index contributed by atoms with van der Waals surface area (Å²) < 4.78 is 48.7. The first-order valence-corrected chi connectivity index (χ1v) is 9.48. The van der Waals surface area contributed by atoms with Crippen molar-refractivity contribution in [3.05, 3.63) is 52.1 Å². The summed E-state index contributed by atoms with van der Waals surface area (Å²) in [5.41, 5.74) is 0.121. The van der Waals surface area contributed by atoms with Crippen LogP contribution in [-0.2, 0) is 29.9 Å². The largest absolute Gasteiger partial charge is 0.416 e. The van der Waals surface area contributed by atoms with Gasteiger partial charge in [0.25, 0.3) is 5.91 Å². The molecule has 1 aromatic heterocycles. The van der Waals surface area contributed by atoms with Crippen molar-refractivity contribution in [3.8, 4) is 0 Å². The van der Waals surface area contributed by atoms with Crippen LogP contribution in [0, 0.1) is 6.92 Å². The van der Waals surface area contributed by atoms with Crippen molar-refractivity contribution in [1.82, 2.24) is 9.36 Å². The predicted molar refractivity (Wildman–Crippen MR) is 105 cm³/mol. The zero-order chi connectivity index (χ0) is 22.0. The number of rotatable bonds is 5. The summed E-state index contributed by atoms with van der Waals surface area (Å²) in [5.74, 6) is -0.704. The third-order valence-electron chi connectivity index (χ3n) is 4.75. The number of halogens is 3. The first kappa shape index (κ1) is 22.9. The normalized spacial score (nSPS) is 13.2. The van der Waals surface area contributed by atoms with Crippen molar-refractivity contribution in [1.29, 1.82) is 0 Å². The van der Waals surface area contributed by atoms with Crippen molar-refractivity contribution in [2.24, 2.45) is 12.0 Å². The second kappa shape index (κ2) is 8.57. The van der Waals surface area contributed by atoms with Gasteiger partial charge in [-0.2, -0.15) is 18.2 Å². The first-order valence-electron chi connectivity index (χ1n) is 9.48. The van der Waals surface area contributed by atoms with Crippen molar-refractivity contribution in [3.63, 3.8) is 0 Å². The second-order valence-electron chi connectivity index (χ2n) is 7.87. The highest BCUT2D eigenvalue weighted by molar-refractivity contribution is 5.96. The summed E-state index contributed by atoms with van der Waals surface area (Å²) in [6.45, 7) is 10.8. The highest BCUT2D eigenvalue weighted by Crippen LogP contribution is 2.33. The van der Waals surface area contributed by atoms with E-state index in [0.717, 1.165) is 11.8 Å². The van der Waals surface area contributed by atoms with Gasteiger partial charge in [0, 0.05) is 36.4 Å². The summed E-state index contributed by atoms with van der Waals surface area (Å²) in [6, 6.07) is 5.36. The van der Waals surface area contributed by atoms with E-state index in [0.29, 0.717) is 25.2 Å². The number of benzene rings is 1. The van der Waals surface area contributed by atoms with Gasteiger partial charge in [0.2, 0.25) is 0 Å². The maximum Gasteiger partial charge on any atom is 0.416 e. The minimum atomic E-state index is -4.52. The third-order valence-corrected chi connectivity index (χ3v) is 4.75. The molecule has 1 heterocycles. The van der Waals surface area contributed by atoms with E-state index >= 15 is 0 Å². The quantitative estimate of drug-likeness (QED) is 0.692. The molecule has 1 amide bonds. The zero-order valence-electron chi connectivity index (χ0n) is 17.7. The average molecular weight is 411 g/mol. The lowest BCUT2D eigenvalue weighted by Gasteiger charge is -2.20. The van der Waals surface area contributed by atoms with Gasteiger partial charge in [0.15, 0.2) is 5.49 Å². The molecule has 0 saturated heterocycles. The Hall–Kier alpha value is -2.35. The Balaban J connectivity index is 2.57. The molecule has 0 spiro atoms. The first-order chi connectivity index (χ1) is 13.4. The molecule has 0 radical (unpaired) electrons. The van der Waals surface area contributed by atoms with E-state index in [1.54, 1.807) is 10.7 Å². The van der Waals surface area contributed by atoms with Crippen LogP contribution in [0.15, 0.2) is 29.3 Å². The standard InChI is InChI=1S/C21H28F3N3O2/c1-7-29-12-11-27-18(13-17(26(27)6)20(3,4)5)25-19(28)15-9-8-10-16(14(15)2)21(22,23)24/h8-10,13H,7,11-12H2,1-6H3/b25-18+. The van der Waals surface area contributed by atoms with Crippen LogP contribution in [0.4, 0.5) is 13.2 Å². The fourth-order valence-electron chi connectivity index (χ4n) is 3.26. The Kier molecular flexibility index (Phi) is 6.78. The van der Waals surface area contributed by atoms with Crippen molar-refractivity contribution >= 4 is 5.91 Å². The number of hydrogen-bond donors (Lipinski definition) is 0. The molecule has 0 aliphatic carbocycles. The van der Waals surface area contributed by atoms with Gasteiger partial charge in [-0.15, -0.1) is 0 Å². The molecular formula is C21H28F3N3O2. The van der Waals surface area contributed by atoms with Crippen LogP contribution >= 0.6 is 0 Å². The van der Waals surface area contributed by atoms with Gasteiger partial charge in [0.05, 0.1) is 18.7 Å². The molecule has 0 aliphatic heterocycles. The Morgan fingerprint density at radius 2 is 1.86 bits per heavy atom. The summed E-state index contributed by atoms with van der Waals surface area (Å²) >= 11 is 0. The molecule has 0 saturated carbocycles. The molecule has 160 valence electrons. The molecule has 0 unspecified atom stereocenters. The Morgan fingerprint density at radius 3 is 2.41 bits per heavy atom. The number of ether oxygens (including phenoxy) is 1. The number of alkyl halides is 3. The molecule has 0 fully saturated rings.